The number of aromatic nitrogens is 2. The van der Waals surface area contributed by atoms with Crippen LogP contribution in [0.1, 0.15) is 25.8 Å². The summed E-state index contributed by atoms with van der Waals surface area (Å²) < 4.78 is 5.36. The number of benzene rings is 2. The number of carbonyl (C=O) groups is 1. The highest BCUT2D eigenvalue weighted by atomic mass is 32.2. The molecule has 0 radical (unpaired) electrons. The number of thioether (sulfide) groups is 1. The van der Waals surface area contributed by atoms with Crippen LogP contribution in [0.5, 0.6) is 5.75 Å². The number of hydrogen-bond donors (Lipinski definition) is 2. The maximum atomic E-state index is 12.9. The second kappa shape index (κ2) is 9.10. The number of nitrogens with zero attached hydrogens (tertiary/aromatic N) is 2. The lowest BCUT2D eigenvalue weighted by Crippen LogP contribution is -2.45. The molecular formula is C23H28N4O2S. The smallest absolute Gasteiger partial charge is 0.237 e. The predicted octanol–water partition coefficient (Wildman–Crippen LogP) is 3.83. The number of amides is 1. The second-order valence-corrected chi connectivity index (χ2v) is 9.28. The third-order valence-corrected chi connectivity index (χ3v) is 6.36. The van der Waals surface area contributed by atoms with E-state index in [-0.39, 0.29) is 18.0 Å². The Kier molecular flexibility index (Phi) is 6.29. The van der Waals surface area contributed by atoms with Gasteiger partial charge in [0, 0.05) is 24.4 Å². The maximum Gasteiger partial charge on any atom is 0.237 e. The molecule has 6 nitrogen and oxygen atoms in total. The van der Waals surface area contributed by atoms with Gasteiger partial charge in [0.15, 0.2) is 5.16 Å². The molecule has 2 heterocycles. The Hall–Kier alpha value is -2.51. The van der Waals surface area contributed by atoms with Crippen LogP contribution >= 0.6 is 11.8 Å². The summed E-state index contributed by atoms with van der Waals surface area (Å²) in [6.45, 7) is 5.54. The van der Waals surface area contributed by atoms with E-state index in [0.717, 1.165) is 40.5 Å². The van der Waals surface area contributed by atoms with E-state index in [4.69, 9.17) is 9.72 Å². The molecule has 1 fully saturated rings. The Bertz CT molecular complexity index is 986. The van der Waals surface area contributed by atoms with Crippen LogP contribution in [0.4, 0.5) is 0 Å². The van der Waals surface area contributed by atoms with E-state index in [1.54, 1.807) is 18.9 Å². The molecule has 0 unspecified atom stereocenters. The first-order valence-corrected chi connectivity index (χ1v) is 11.2. The molecule has 4 rings (SSSR count). The molecule has 1 aliphatic heterocycles. The molecule has 1 aromatic heterocycles. The number of methoxy groups -OCH3 is 1. The van der Waals surface area contributed by atoms with Gasteiger partial charge in [0.1, 0.15) is 5.75 Å². The zero-order valence-electron chi connectivity index (χ0n) is 17.6. The predicted molar refractivity (Wildman–Crippen MR) is 121 cm³/mol. The highest BCUT2D eigenvalue weighted by molar-refractivity contribution is 7.99. The largest absolute Gasteiger partial charge is 0.497 e. The Balaban J connectivity index is 1.51. The number of H-pyrrole nitrogens is 1. The van der Waals surface area contributed by atoms with Gasteiger partial charge >= 0.3 is 0 Å². The lowest BCUT2D eigenvalue weighted by Gasteiger charge is -2.24. The van der Waals surface area contributed by atoms with E-state index < -0.39 is 0 Å². The van der Waals surface area contributed by atoms with Gasteiger partial charge < -0.3 is 15.0 Å². The lowest BCUT2D eigenvalue weighted by molar-refractivity contribution is -0.126. The summed E-state index contributed by atoms with van der Waals surface area (Å²) in [5, 5.41) is 4.29. The minimum Gasteiger partial charge on any atom is -0.497 e. The van der Waals surface area contributed by atoms with Crippen molar-refractivity contribution in [3.05, 3.63) is 54.1 Å². The lowest BCUT2D eigenvalue weighted by atomic mass is 10.1. The number of fused-ring (bicyclic) bond motifs is 1. The van der Waals surface area contributed by atoms with Gasteiger partial charge in [-0.05, 0) is 50.1 Å². The zero-order valence-corrected chi connectivity index (χ0v) is 18.4. The van der Waals surface area contributed by atoms with Gasteiger partial charge in [-0.3, -0.25) is 9.69 Å². The number of hydrogen-bond acceptors (Lipinski definition) is 5. The molecule has 0 bridgehead atoms. The first-order chi connectivity index (χ1) is 14.5. The molecule has 1 aliphatic rings. The second-order valence-electron chi connectivity index (χ2n) is 7.99. The summed E-state index contributed by atoms with van der Waals surface area (Å²) in [7, 11) is 1.67. The number of carbonyl (C=O) groups excluding carboxylic acids is 1. The Morgan fingerprint density at radius 2 is 2.13 bits per heavy atom. The molecule has 158 valence electrons. The van der Waals surface area contributed by atoms with E-state index in [2.05, 4.69) is 21.3 Å². The van der Waals surface area contributed by atoms with E-state index in [1.165, 1.54) is 0 Å². The molecule has 30 heavy (non-hydrogen) atoms. The average Bonchev–Trinajstić information content (AvgIpc) is 3.31. The van der Waals surface area contributed by atoms with Gasteiger partial charge in [0.2, 0.25) is 5.91 Å². The molecule has 2 atom stereocenters. The van der Waals surface area contributed by atoms with E-state index in [9.17, 15) is 4.79 Å². The van der Waals surface area contributed by atoms with Crippen LogP contribution in [-0.2, 0) is 11.3 Å². The van der Waals surface area contributed by atoms with Gasteiger partial charge in [-0.25, -0.2) is 4.98 Å². The van der Waals surface area contributed by atoms with Crippen LogP contribution in [-0.4, -0.2) is 51.8 Å². The van der Waals surface area contributed by atoms with Crippen molar-refractivity contribution < 1.29 is 9.53 Å². The number of para-hydroxylation sites is 2. The van der Waals surface area contributed by atoms with Crippen LogP contribution < -0.4 is 10.1 Å². The quantitative estimate of drug-likeness (QED) is 0.603. The average molecular weight is 425 g/mol. The fourth-order valence-electron chi connectivity index (χ4n) is 3.92. The van der Waals surface area contributed by atoms with Gasteiger partial charge in [-0.1, -0.05) is 36.0 Å². The van der Waals surface area contributed by atoms with Gasteiger partial charge in [0.25, 0.3) is 0 Å². The molecule has 7 heteroatoms. The summed E-state index contributed by atoms with van der Waals surface area (Å²) in [4.78, 5) is 23.3. The topological polar surface area (TPSA) is 70.2 Å². The Morgan fingerprint density at radius 1 is 1.30 bits per heavy atom. The van der Waals surface area contributed by atoms with Crippen LogP contribution in [0.25, 0.3) is 11.0 Å². The number of likely N-dealkylation sites (tertiary alicyclic amines) is 1. The minimum absolute atomic E-state index is 0.0978. The Morgan fingerprint density at radius 3 is 2.90 bits per heavy atom. The minimum atomic E-state index is -0.152. The van der Waals surface area contributed by atoms with Crippen LogP contribution in [0.3, 0.4) is 0 Å². The molecule has 2 aromatic carbocycles. The molecular weight excluding hydrogens is 396 g/mol. The van der Waals surface area contributed by atoms with Crippen molar-refractivity contribution in [3.8, 4) is 5.75 Å². The molecule has 3 aromatic rings. The number of aromatic amines is 1. The highest BCUT2D eigenvalue weighted by Crippen LogP contribution is 2.33. The first-order valence-electron chi connectivity index (χ1n) is 10.3. The van der Waals surface area contributed by atoms with Gasteiger partial charge in [-0.2, -0.15) is 0 Å². The number of rotatable bonds is 7. The van der Waals surface area contributed by atoms with E-state index >= 15 is 0 Å². The van der Waals surface area contributed by atoms with Crippen molar-refractivity contribution in [1.29, 1.82) is 0 Å². The number of ether oxygens (including phenoxy) is 1. The molecule has 0 spiro atoms. The summed E-state index contributed by atoms with van der Waals surface area (Å²) >= 11 is 1.73. The third kappa shape index (κ3) is 4.79. The molecule has 0 aliphatic carbocycles. The van der Waals surface area contributed by atoms with Crippen LogP contribution in [0.2, 0.25) is 0 Å². The van der Waals surface area contributed by atoms with E-state index in [0.29, 0.717) is 11.8 Å². The summed E-state index contributed by atoms with van der Waals surface area (Å²) in [5.74, 6) is 0.934. The fourth-order valence-corrected chi connectivity index (χ4v) is 5.10. The normalized spacial score (nSPS) is 19.5. The van der Waals surface area contributed by atoms with Crippen molar-refractivity contribution in [3.63, 3.8) is 0 Å². The fraction of sp³-hybridized carbons (Fsp3) is 0.391. The molecule has 0 saturated carbocycles. The first kappa shape index (κ1) is 20.8. The van der Waals surface area contributed by atoms with Crippen molar-refractivity contribution in [2.24, 2.45) is 0 Å². The van der Waals surface area contributed by atoms with Gasteiger partial charge in [0.05, 0.1) is 24.2 Å². The summed E-state index contributed by atoms with van der Waals surface area (Å²) in [6, 6.07) is 16.1. The van der Waals surface area contributed by atoms with Crippen molar-refractivity contribution in [2.45, 2.75) is 49.3 Å². The standard InChI is InChI=1S/C23H28N4O2S/c1-15(2)24-22(28)21-12-18(30-23-25-19-9-4-5-10-20(19)26-23)14-27(21)13-16-7-6-8-17(11-16)29-3/h4-11,15,18,21H,12-14H2,1-3H3,(H,24,28)(H,25,26)/t18-,21+/m1/s1. The summed E-state index contributed by atoms with van der Waals surface area (Å²) in [5.41, 5.74) is 3.16. The third-order valence-electron chi connectivity index (χ3n) is 5.26. The maximum absolute atomic E-state index is 12.9. The monoisotopic (exact) mass is 424 g/mol. The number of imidazole rings is 1. The SMILES string of the molecule is COc1cccc(CN2C[C@H](Sc3nc4ccccc4[nH]3)C[C@H]2C(=O)NC(C)C)c1. The molecule has 1 saturated heterocycles. The zero-order chi connectivity index (χ0) is 21.1. The number of nitrogens with one attached hydrogen (secondary N) is 2. The van der Waals surface area contributed by atoms with Gasteiger partial charge in [-0.15, -0.1) is 0 Å². The van der Waals surface area contributed by atoms with Crippen molar-refractivity contribution >= 4 is 28.7 Å². The van der Waals surface area contributed by atoms with Crippen LogP contribution in [0, 0.1) is 0 Å². The molecule has 1 amide bonds. The summed E-state index contributed by atoms with van der Waals surface area (Å²) in [6.07, 6.45) is 0.796. The Labute approximate surface area is 181 Å². The van der Waals surface area contributed by atoms with E-state index in [1.807, 2.05) is 56.3 Å². The van der Waals surface area contributed by atoms with Crippen molar-refractivity contribution in [1.82, 2.24) is 20.2 Å². The molecule has 2 N–H and O–H groups in total. The van der Waals surface area contributed by atoms with Crippen molar-refractivity contribution in [2.75, 3.05) is 13.7 Å². The highest BCUT2D eigenvalue weighted by Gasteiger charge is 2.37. The van der Waals surface area contributed by atoms with Crippen LogP contribution in [0.15, 0.2) is 53.7 Å².